The molecule has 168 valence electrons. The van der Waals surface area contributed by atoms with Crippen LogP contribution in [-0.4, -0.2) is 59.9 Å². The fourth-order valence-electron chi connectivity index (χ4n) is 5.04. The molecule has 4 heterocycles. The Labute approximate surface area is 188 Å². The quantitative estimate of drug-likeness (QED) is 0.612. The summed E-state index contributed by atoms with van der Waals surface area (Å²) in [6.07, 6.45) is 6.94. The minimum atomic E-state index is 0.559. The summed E-state index contributed by atoms with van der Waals surface area (Å²) >= 11 is 0. The Balaban J connectivity index is 0.999. The van der Waals surface area contributed by atoms with Gasteiger partial charge >= 0.3 is 0 Å². The lowest BCUT2D eigenvalue weighted by molar-refractivity contribution is 0.0717. The monoisotopic (exact) mass is 433 g/mol. The van der Waals surface area contributed by atoms with E-state index in [1.54, 1.807) is 0 Å². The average Bonchev–Trinajstić information content (AvgIpc) is 3.58. The van der Waals surface area contributed by atoms with Crippen molar-refractivity contribution in [2.75, 3.05) is 37.7 Å². The Kier molecular flexibility index (Phi) is 5.45. The van der Waals surface area contributed by atoms with E-state index in [4.69, 9.17) is 9.26 Å². The number of anilines is 1. The number of pyridine rings is 1. The van der Waals surface area contributed by atoms with Crippen LogP contribution in [-0.2, 0) is 6.54 Å². The first-order valence-electron chi connectivity index (χ1n) is 12.0. The zero-order chi connectivity index (χ0) is 21.3. The number of para-hydroxylation sites is 1. The van der Waals surface area contributed by atoms with Gasteiger partial charge in [-0.05, 0) is 43.4 Å². The Bertz CT molecular complexity index is 1050. The fraction of sp³-hybridized carbons (Fsp3) is 0.520. The molecule has 1 aromatic carbocycles. The molecular weight excluding hydrogens is 402 g/mol. The molecule has 2 aromatic heterocycles. The molecule has 0 spiro atoms. The second-order valence-corrected chi connectivity index (χ2v) is 9.51. The van der Waals surface area contributed by atoms with E-state index in [1.165, 1.54) is 31.2 Å². The summed E-state index contributed by atoms with van der Waals surface area (Å²) in [7, 11) is 0. The molecule has 2 atom stereocenters. The second kappa shape index (κ2) is 8.71. The zero-order valence-electron chi connectivity index (χ0n) is 18.4. The van der Waals surface area contributed by atoms with Gasteiger partial charge in [0.05, 0.1) is 12.0 Å². The largest absolute Gasteiger partial charge is 0.477 e. The molecule has 3 aromatic rings. The number of hydrogen-bond donors (Lipinski definition) is 1. The lowest BCUT2D eigenvalue weighted by Gasteiger charge is -2.46. The van der Waals surface area contributed by atoms with Gasteiger partial charge in [0.1, 0.15) is 0 Å². The van der Waals surface area contributed by atoms with Crippen molar-refractivity contribution in [2.24, 2.45) is 5.92 Å². The maximum atomic E-state index is 6.06. The highest BCUT2D eigenvalue weighted by Gasteiger charge is 2.34. The molecule has 0 unspecified atom stereocenters. The predicted molar refractivity (Wildman–Crippen MR) is 124 cm³/mol. The van der Waals surface area contributed by atoms with Crippen LogP contribution >= 0.6 is 0 Å². The maximum absolute atomic E-state index is 6.06. The summed E-state index contributed by atoms with van der Waals surface area (Å²) < 4.78 is 11.6. The van der Waals surface area contributed by atoms with E-state index in [-0.39, 0.29) is 0 Å². The minimum absolute atomic E-state index is 0.559. The summed E-state index contributed by atoms with van der Waals surface area (Å²) in [5, 5.41) is 9.01. The van der Waals surface area contributed by atoms with Crippen LogP contribution in [0.2, 0.25) is 0 Å². The molecule has 7 heteroatoms. The third kappa shape index (κ3) is 4.32. The summed E-state index contributed by atoms with van der Waals surface area (Å²) in [4.78, 5) is 9.54. The van der Waals surface area contributed by atoms with Crippen molar-refractivity contribution in [3.05, 3.63) is 48.2 Å². The first-order chi connectivity index (χ1) is 15.8. The molecule has 7 nitrogen and oxygen atoms in total. The van der Waals surface area contributed by atoms with Gasteiger partial charge in [0.15, 0.2) is 11.4 Å². The molecule has 0 radical (unpaired) electrons. The molecule has 0 amide bonds. The van der Waals surface area contributed by atoms with E-state index in [0.717, 1.165) is 68.0 Å². The number of benzene rings is 1. The van der Waals surface area contributed by atoms with Crippen molar-refractivity contribution in [2.45, 2.75) is 44.3 Å². The number of nitrogens with one attached hydrogen (secondary N) is 1. The minimum Gasteiger partial charge on any atom is -0.477 e. The first kappa shape index (κ1) is 20.0. The van der Waals surface area contributed by atoms with Gasteiger partial charge in [-0.2, -0.15) is 0 Å². The number of nitrogens with zero attached hydrogens (tertiary/aromatic N) is 4. The summed E-state index contributed by atoms with van der Waals surface area (Å²) in [6, 6.07) is 13.6. The van der Waals surface area contributed by atoms with E-state index in [1.807, 2.05) is 24.4 Å². The number of piperidine rings is 1. The molecule has 2 aliphatic heterocycles. The van der Waals surface area contributed by atoms with Gasteiger partial charge in [-0.15, -0.1) is 0 Å². The van der Waals surface area contributed by atoms with Crippen molar-refractivity contribution >= 4 is 16.8 Å². The molecule has 0 bridgehead atoms. The molecule has 3 aliphatic rings. The van der Waals surface area contributed by atoms with Crippen LogP contribution in [0.15, 0.2) is 47.1 Å². The van der Waals surface area contributed by atoms with Gasteiger partial charge in [0.25, 0.3) is 0 Å². The Morgan fingerprint density at radius 3 is 2.84 bits per heavy atom. The van der Waals surface area contributed by atoms with Gasteiger partial charge in [0, 0.05) is 63.0 Å². The average molecular weight is 434 g/mol. The molecule has 32 heavy (non-hydrogen) atoms. The fourth-order valence-corrected chi connectivity index (χ4v) is 5.04. The summed E-state index contributed by atoms with van der Waals surface area (Å²) in [5.74, 6) is 2.29. The molecule has 1 saturated carbocycles. The molecule has 1 aliphatic carbocycles. The summed E-state index contributed by atoms with van der Waals surface area (Å²) in [6.45, 7) is 5.80. The van der Waals surface area contributed by atoms with Crippen molar-refractivity contribution < 1.29 is 9.26 Å². The lowest BCUT2D eigenvalue weighted by Crippen LogP contribution is -2.57. The van der Waals surface area contributed by atoms with Gasteiger partial charge < -0.3 is 19.5 Å². The van der Waals surface area contributed by atoms with Gasteiger partial charge in [-0.25, -0.2) is 4.98 Å². The van der Waals surface area contributed by atoms with Crippen LogP contribution < -0.4 is 15.0 Å². The second-order valence-electron chi connectivity index (χ2n) is 9.51. The molecular formula is C25H31N5O2. The lowest BCUT2D eigenvalue weighted by atomic mass is 9.91. The Hall–Kier alpha value is -2.64. The first-order valence-corrected chi connectivity index (χ1v) is 12.0. The number of rotatable bonds is 7. The van der Waals surface area contributed by atoms with Gasteiger partial charge in [-0.1, -0.05) is 23.4 Å². The van der Waals surface area contributed by atoms with Gasteiger partial charge in [0.2, 0.25) is 5.88 Å². The molecule has 1 N–H and O–H groups in total. The highest BCUT2D eigenvalue weighted by molar-refractivity contribution is 5.88. The van der Waals surface area contributed by atoms with E-state index in [9.17, 15) is 0 Å². The third-order valence-electron chi connectivity index (χ3n) is 7.10. The standard InChI is InChI=1S/C25H31N5O2/c1-2-4-23-22(3-1)25(28-32-23)30-12-11-29-15-19(5-9-21(29)16-30)17-31-24-10-6-18(14-27-24)13-26-20-7-8-20/h1-4,6,10,14,19-21,26H,5,7-9,11-13,15-17H2/t19-,21-/m1/s1. The van der Waals surface area contributed by atoms with E-state index in [2.05, 4.69) is 43.5 Å². The van der Waals surface area contributed by atoms with E-state index >= 15 is 0 Å². The number of aromatic nitrogens is 2. The van der Waals surface area contributed by atoms with E-state index < -0.39 is 0 Å². The Morgan fingerprint density at radius 1 is 1.03 bits per heavy atom. The smallest absolute Gasteiger partial charge is 0.213 e. The zero-order valence-corrected chi connectivity index (χ0v) is 18.4. The number of fused-ring (bicyclic) bond motifs is 2. The van der Waals surface area contributed by atoms with Crippen molar-refractivity contribution in [3.8, 4) is 5.88 Å². The third-order valence-corrected chi connectivity index (χ3v) is 7.10. The summed E-state index contributed by atoms with van der Waals surface area (Å²) in [5.41, 5.74) is 2.09. The highest BCUT2D eigenvalue weighted by Crippen LogP contribution is 2.31. The highest BCUT2D eigenvalue weighted by atomic mass is 16.5. The predicted octanol–water partition coefficient (Wildman–Crippen LogP) is 3.45. The molecule has 3 fully saturated rings. The van der Waals surface area contributed by atoms with Crippen LogP contribution in [0, 0.1) is 5.92 Å². The van der Waals surface area contributed by atoms with Crippen LogP contribution in [0.1, 0.15) is 31.2 Å². The number of ether oxygens (including phenoxy) is 1. The van der Waals surface area contributed by atoms with Crippen LogP contribution in [0.5, 0.6) is 5.88 Å². The molecule has 2 saturated heterocycles. The van der Waals surface area contributed by atoms with Crippen molar-refractivity contribution in [3.63, 3.8) is 0 Å². The molecule has 6 rings (SSSR count). The van der Waals surface area contributed by atoms with Crippen LogP contribution in [0.3, 0.4) is 0 Å². The van der Waals surface area contributed by atoms with Crippen molar-refractivity contribution in [1.82, 2.24) is 20.4 Å². The van der Waals surface area contributed by atoms with Crippen LogP contribution in [0.4, 0.5) is 5.82 Å². The topological polar surface area (TPSA) is 66.7 Å². The number of piperazine rings is 1. The normalized spacial score (nSPS) is 23.9. The van der Waals surface area contributed by atoms with Crippen LogP contribution in [0.25, 0.3) is 11.0 Å². The van der Waals surface area contributed by atoms with Crippen molar-refractivity contribution in [1.29, 1.82) is 0 Å². The van der Waals surface area contributed by atoms with Gasteiger partial charge in [-0.3, -0.25) is 4.90 Å². The van der Waals surface area contributed by atoms with E-state index in [0.29, 0.717) is 12.0 Å². The Morgan fingerprint density at radius 2 is 1.97 bits per heavy atom. The SMILES string of the molecule is c1ccc2c(N3CCN4C[C@H](COc5ccc(CNC6CC6)cn5)CC[C@@H]4C3)noc2c1. The number of hydrogen-bond acceptors (Lipinski definition) is 7. The maximum Gasteiger partial charge on any atom is 0.213 e.